The second-order valence-electron chi connectivity index (χ2n) is 8.40. The zero-order chi connectivity index (χ0) is 24.7. The normalized spacial score (nSPS) is 12.0. The second-order valence-corrected chi connectivity index (χ2v) is 8.40. The number of benzene rings is 2. The Hall–Kier alpha value is -3.26. The van der Waals surface area contributed by atoms with Gasteiger partial charge in [0.15, 0.2) is 5.78 Å². The maximum Gasteiger partial charge on any atom is 0.255 e. The predicted octanol–water partition coefficient (Wildman–Crippen LogP) is 4.56. The molecule has 1 N–H and O–H groups in total. The van der Waals surface area contributed by atoms with Gasteiger partial charge in [-0.05, 0) is 49.1 Å². The fraction of sp³-hybridized carbons (Fsp3) is 0.423. The molecule has 2 aromatic carbocycles. The van der Waals surface area contributed by atoms with Crippen LogP contribution in [-0.4, -0.2) is 48.8 Å². The Labute approximate surface area is 199 Å². The van der Waals surface area contributed by atoms with Crippen LogP contribution in [0.1, 0.15) is 52.5 Å². The van der Waals surface area contributed by atoms with E-state index in [4.69, 9.17) is 9.47 Å². The molecule has 0 fully saturated rings. The van der Waals surface area contributed by atoms with E-state index in [1.165, 1.54) is 13.2 Å². The highest BCUT2D eigenvalue weighted by molar-refractivity contribution is 6.03. The minimum atomic E-state index is -0.467. The van der Waals surface area contributed by atoms with Crippen molar-refractivity contribution < 1.29 is 23.5 Å². The van der Waals surface area contributed by atoms with Crippen LogP contribution in [0.5, 0.6) is 5.75 Å². The first-order valence-corrected chi connectivity index (χ1v) is 11.5. The van der Waals surface area contributed by atoms with Gasteiger partial charge in [-0.1, -0.05) is 19.4 Å². The molecule has 182 valence electrons. The van der Waals surface area contributed by atoms with Gasteiger partial charge in [0, 0.05) is 32.8 Å². The van der Waals surface area contributed by atoms with Crippen LogP contribution in [0.3, 0.4) is 0 Å². The maximum atomic E-state index is 14.1. The number of hydrogen-bond acceptors (Lipinski definition) is 5. The van der Waals surface area contributed by atoms with Crippen LogP contribution in [0.15, 0.2) is 36.5 Å². The molecule has 3 rings (SSSR count). The van der Waals surface area contributed by atoms with Crippen LogP contribution < -0.4 is 10.1 Å². The van der Waals surface area contributed by atoms with Gasteiger partial charge >= 0.3 is 0 Å². The van der Waals surface area contributed by atoms with Gasteiger partial charge in [-0.3, -0.25) is 14.3 Å². The number of Topliss-reactive ketones (excluding diaryl/α,β-unsaturated/α-hetero) is 1. The van der Waals surface area contributed by atoms with Crippen molar-refractivity contribution in [3.05, 3.63) is 59.0 Å². The number of carbonyl (C=O) groups excluding carboxylic acids is 2. The molecule has 8 heteroatoms. The summed E-state index contributed by atoms with van der Waals surface area (Å²) >= 11 is 0. The van der Waals surface area contributed by atoms with Crippen molar-refractivity contribution in [3.63, 3.8) is 0 Å². The third kappa shape index (κ3) is 5.99. The predicted molar refractivity (Wildman–Crippen MR) is 129 cm³/mol. The Morgan fingerprint density at radius 2 is 1.94 bits per heavy atom. The maximum absolute atomic E-state index is 14.1. The minimum absolute atomic E-state index is 0.145. The molecule has 0 saturated heterocycles. The summed E-state index contributed by atoms with van der Waals surface area (Å²) in [4.78, 5) is 25.1. The molecule has 1 atom stereocenters. The number of nitrogens with zero attached hydrogens (tertiary/aromatic N) is 2. The Morgan fingerprint density at radius 1 is 1.18 bits per heavy atom. The number of aryl methyl sites for hydroxylation is 1. The van der Waals surface area contributed by atoms with E-state index in [0.29, 0.717) is 37.4 Å². The molecular weight excluding hydrogens is 437 g/mol. The second kappa shape index (κ2) is 11.7. The van der Waals surface area contributed by atoms with E-state index in [1.807, 2.05) is 10.9 Å². The topological polar surface area (TPSA) is 82.5 Å². The van der Waals surface area contributed by atoms with E-state index in [9.17, 15) is 14.0 Å². The first-order chi connectivity index (χ1) is 16.4. The Bertz CT molecular complexity index is 1160. The average Bonchev–Trinajstić information content (AvgIpc) is 3.23. The summed E-state index contributed by atoms with van der Waals surface area (Å²) < 4.78 is 26.5. The van der Waals surface area contributed by atoms with Crippen molar-refractivity contribution in [3.8, 4) is 5.75 Å². The fourth-order valence-corrected chi connectivity index (χ4v) is 3.98. The van der Waals surface area contributed by atoms with Gasteiger partial charge in [0.05, 0.1) is 35.7 Å². The standard InChI is InChI=1S/C26H32FN3O4/c1-5-18(7-11-24(31)19-8-6-17(2)14-22(19)27)15-30-16-21-23(29-30)10-9-20(25(21)34-4)26(32)28-12-13-33-3/h6,8-10,14,16,18H,5,7,11-13,15H2,1-4H3,(H,28,32). The van der Waals surface area contributed by atoms with E-state index in [1.54, 1.807) is 38.3 Å². The quantitative estimate of drug-likeness (QED) is 0.311. The Kier molecular flexibility index (Phi) is 8.76. The molecule has 1 aromatic heterocycles. The molecule has 0 aliphatic carbocycles. The molecule has 0 saturated carbocycles. The van der Waals surface area contributed by atoms with Crippen LogP contribution in [0.25, 0.3) is 10.9 Å². The van der Waals surface area contributed by atoms with E-state index >= 15 is 0 Å². The summed E-state index contributed by atoms with van der Waals surface area (Å²) in [5.74, 6) is -0.235. The van der Waals surface area contributed by atoms with Crippen LogP contribution in [0, 0.1) is 18.7 Å². The molecule has 0 aliphatic heterocycles. The lowest BCUT2D eigenvalue weighted by Crippen LogP contribution is -2.27. The molecule has 1 amide bonds. The Morgan fingerprint density at radius 3 is 2.62 bits per heavy atom. The molecule has 7 nitrogen and oxygen atoms in total. The smallest absolute Gasteiger partial charge is 0.255 e. The van der Waals surface area contributed by atoms with Crippen molar-refractivity contribution in [2.45, 2.75) is 39.7 Å². The van der Waals surface area contributed by atoms with Gasteiger partial charge in [-0.2, -0.15) is 5.10 Å². The lowest BCUT2D eigenvalue weighted by atomic mass is 9.96. The summed E-state index contributed by atoms with van der Waals surface area (Å²) in [6.45, 7) is 5.29. The number of fused-ring (bicyclic) bond motifs is 1. The average molecular weight is 470 g/mol. The van der Waals surface area contributed by atoms with Gasteiger partial charge in [0.25, 0.3) is 5.91 Å². The molecule has 0 aliphatic rings. The van der Waals surface area contributed by atoms with Crippen LogP contribution >= 0.6 is 0 Å². The third-order valence-electron chi connectivity index (χ3n) is 5.96. The molecule has 1 unspecified atom stereocenters. The number of ether oxygens (including phenoxy) is 2. The van der Waals surface area contributed by atoms with E-state index in [2.05, 4.69) is 17.3 Å². The fourth-order valence-electron chi connectivity index (χ4n) is 3.98. The SMILES string of the molecule is CCC(CCC(=O)c1ccc(C)cc1F)Cn1cc2c(OC)c(C(=O)NCCOC)ccc2n1. The lowest BCUT2D eigenvalue weighted by molar-refractivity contribution is 0.0932. The number of methoxy groups -OCH3 is 2. The number of rotatable bonds is 12. The van der Waals surface area contributed by atoms with Gasteiger partial charge in [0.2, 0.25) is 0 Å². The number of halogens is 1. The van der Waals surface area contributed by atoms with Crippen LogP contribution in [-0.2, 0) is 11.3 Å². The molecule has 34 heavy (non-hydrogen) atoms. The molecule has 0 spiro atoms. The van der Waals surface area contributed by atoms with Gasteiger partial charge in [-0.25, -0.2) is 4.39 Å². The monoisotopic (exact) mass is 469 g/mol. The lowest BCUT2D eigenvalue weighted by Gasteiger charge is -2.14. The van der Waals surface area contributed by atoms with Crippen molar-refractivity contribution in [1.82, 2.24) is 15.1 Å². The van der Waals surface area contributed by atoms with Crippen molar-refractivity contribution in [1.29, 1.82) is 0 Å². The first kappa shape index (κ1) is 25.4. The summed E-state index contributed by atoms with van der Waals surface area (Å²) in [6, 6.07) is 8.20. The zero-order valence-corrected chi connectivity index (χ0v) is 20.2. The van der Waals surface area contributed by atoms with E-state index in [0.717, 1.165) is 22.9 Å². The van der Waals surface area contributed by atoms with Crippen molar-refractivity contribution in [2.75, 3.05) is 27.4 Å². The highest BCUT2D eigenvalue weighted by Gasteiger charge is 2.19. The summed E-state index contributed by atoms with van der Waals surface area (Å²) in [5, 5.41) is 8.18. The van der Waals surface area contributed by atoms with Gasteiger partial charge in [-0.15, -0.1) is 0 Å². The minimum Gasteiger partial charge on any atom is -0.495 e. The number of amides is 1. The number of nitrogens with one attached hydrogen (secondary N) is 1. The summed E-state index contributed by atoms with van der Waals surface area (Å²) in [5.41, 5.74) is 2.09. The van der Waals surface area contributed by atoms with Crippen LogP contribution in [0.4, 0.5) is 4.39 Å². The highest BCUT2D eigenvalue weighted by Crippen LogP contribution is 2.30. The molecule has 1 heterocycles. The number of carbonyl (C=O) groups is 2. The molecule has 0 radical (unpaired) electrons. The van der Waals surface area contributed by atoms with Gasteiger partial charge in [0.1, 0.15) is 11.6 Å². The Balaban J connectivity index is 1.71. The van der Waals surface area contributed by atoms with Crippen molar-refractivity contribution in [2.24, 2.45) is 5.92 Å². The highest BCUT2D eigenvalue weighted by atomic mass is 19.1. The molecule has 0 bridgehead atoms. The number of hydrogen-bond donors (Lipinski definition) is 1. The summed E-state index contributed by atoms with van der Waals surface area (Å²) in [7, 11) is 3.11. The molecule has 3 aromatic rings. The van der Waals surface area contributed by atoms with Gasteiger partial charge < -0.3 is 14.8 Å². The molecular formula is C26H32FN3O4. The summed E-state index contributed by atoms with van der Waals surface area (Å²) in [6.07, 6.45) is 3.62. The van der Waals surface area contributed by atoms with Crippen molar-refractivity contribution >= 4 is 22.6 Å². The van der Waals surface area contributed by atoms with Crippen LogP contribution in [0.2, 0.25) is 0 Å². The van der Waals surface area contributed by atoms with E-state index < -0.39 is 5.82 Å². The third-order valence-corrected chi connectivity index (χ3v) is 5.96. The zero-order valence-electron chi connectivity index (χ0n) is 20.2. The largest absolute Gasteiger partial charge is 0.495 e. The first-order valence-electron chi connectivity index (χ1n) is 11.5. The number of aromatic nitrogens is 2. The number of ketones is 1. The van der Waals surface area contributed by atoms with E-state index in [-0.39, 0.29) is 29.6 Å².